The maximum Gasteiger partial charge on any atom is 0.214 e. The molecule has 1 aromatic carbocycles. The van der Waals surface area contributed by atoms with E-state index in [1.54, 1.807) is 31.3 Å². The van der Waals surface area contributed by atoms with E-state index in [4.69, 9.17) is 0 Å². The summed E-state index contributed by atoms with van der Waals surface area (Å²) in [6, 6.07) is 6.36. The number of hydrogen-bond donors (Lipinski definition) is 1. The van der Waals surface area contributed by atoms with E-state index < -0.39 is 10.0 Å². The molecule has 1 aromatic rings. The molecule has 0 saturated carbocycles. The predicted octanol–water partition coefficient (Wildman–Crippen LogP) is 2.12. The van der Waals surface area contributed by atoms with Gasteiger partial charge in [0, 0.05) is 13.1 Å². The number of phenolic OH excluding ortho intramolecular Hbond substituents is 1. The smallest absolute Gasteiger partial charge is 0.214 e. The van der Waals surface area contributed by atoms with Crippen molar-refractivity contribution >= 4 is 10.0 Å². The third-order valence-electron chi connectivity index (χ3n) is 2.82. The number of benzene rings is 1. The first-order valence-corrected chi connectivity index (χ1v) is 7.24. The zero-order valence-electron chi connectivity index (χ0n) is 10.4. The topological polar surface area (TPSA) is 57.6 Å². The number of phenols is 1. The van der Waals surface area contributed by atoms with E-state index >= 15 is 0 Å². The fourth-order valence-corrected chi connectivity index (χ4v) is 3.01. The van der Waals surface area contributed by atoms with Crippen LogP contribution in [-0.2, 0) is 10.0 Å². The summed E-state index contributed by atoms with van der Waals surface area (Å²) in [4.78, 5) is 0. The Balaban J connectivity index is 2.90. The first-order valence-electron chi connectivity index (χ1n) is 5.63. The molecule has 1 unspecified atom stereocenters. The summed E-state index contributed by atoms with van der Waals surface area (Å²) >= 11 is 0. The van der Waals surface area contributed by atoms with E-state index in [0.29, 0.717) is 6.42 Å². The van der Waals surface area contributed by atoms with Gasteiger partial charge < -0.3 is 5.11 Å². The van der Waals surface area contributed by atoms with Crippen molar-refractivity contribution in [1.82, 2.24) is 4.31 Å². The molecule has 0 fully saturated rings. The lowest BCUT2D eigenvalue weighted by Gasteiger charge is -2.24. The average Bonchev–Trinajstić information content (AvgIpc) is 2.28. The first-order chi connectivity index (χ1) is 7.88. The van der Waals surface area contributed by atoms with Crippen LogP contribution in [0.25, 0.3) is 0 Å². The lowest BCUT2D eigenvalue weighted by molar-refractivity contribution is 0.397. The zero-order valence-corrected chi connectivity index (χ0v) is 11.2. The molecule has 0 aliphatic carbocycles. The summed E-state index contributed by atoms with van der Waals surface area (Å²) in [5.41, 5.74) is 0.866. The summed E-state index contributed by atoms with van der Waals surface area (Å²) in [6.07, 6.45) is 0.606. The maximum atomic E-state index is 11.9. The van der Waals surface area contributed by atoms with Gasteiger partial charge in [0.05, 0.1) is 5.75 Å². The Morgan fingerprint density at radius 3 is 2.29 bits per heavy atom. The molecule has 1 rings (SSSR count). The van der Waals surface area contributed by atoms with Gasteiger partial charge in [0.1, 0.15) is 5.75 Å². The highest BCUT2D eigenvalue weighted by Gasteiger charge is 2.23. The molecular formula is C12H19NO3S. The Kier molecular flexibility index (Phi) is 4.54. The quantitative estimate of drug-likeness (QED) is 0.879. The summed E-state index contributed by atoms with van der Waals surface area (Å²) in [7, 11) is -1.61. The van der Waals surface area contributed by atoms with Crippen molar-refractivity contribution in [1.29, 1.82) is 0 Å². The van der Waals surface area contributed by atoms with Gasteiger partial charge in [-0.15, -0.1) is 0 Å². The van der Waals surface area contributed by atoms with Gasteiger partial charge in [-0.3, -0.25) is 0 Å². The SMILES string of the molecule is CCCS(=O)(=O)N(C)C(C)c1ccc(O)cc1. The van der Waals surface area contributed by atoms with Gasteiger partial charge in [0.25, 0.3) is 0 Å². The lowest BCUT2D eigenvalue weighted by atomic mass is 10.1. The molecule has 0 aliphatic heterocycles. The Morgan fingerprint density at radius 2 is 1.82 bits per heavy atom. The van der Waals surface area contributed by atoms with Crippen LogP contribution in [0.2, 0.25) is 0 Å². The van der Waals surface area contributed by atoms with Crippen LogP contribution in [0.4, 0.5) is 0 Å². The van der Waals surface area contributed by atoms with Crippen LogP contribution < -0.4 is 0 Å². The molecule has 0 bridgehead atoms. The monoisotopic (exact) mass is 257 g/mol. The Morgan fingerprint density at radius 1 is 1.29 bits per heavy atom. The molecule has 1 atom stereocenters. The largest absolute Gasteiger partial charge is 0.508 e. The number of hydrogen-bond acceptors (Lipinski definition) is 3. The fraction of sp³-hybridized carbons (Fsp3) is 0.500. The second kappa shape index (κ2) is 5.51. The summed E-state index contributed by atoms with van der Waals surface area (Å²) < 4.78 is 25.2. The molecule has 17 heavy (non-hydrogen) atoms. The van der Waals surface area contributed by atoms with Gasteiger partial charge in [-0.2, -0.15) is 4.31 Å². The maximum absolute atomic E-state index is 11.9. The van der Waals surface area contributed by atoms with E-state index in [1.807, 2.05) is 13.8 Å². The van der Waals surface area contributed by atoms with Gasteiger partial charge in [0.15, 0.2) is 0 Å². The molecule has 0 saturated heterocycles. The van der Waals surface area contributed by atoms with Gasteiger partial charge in [-0.05, 0) is 31.0 Å². The normalized spacial score (nSPS) is 13.9. The molecule has 0 aliphatic rings. The number of sulfonamides is 1. The van der Waals surface area contributed by atoms with Crippen LogP contribution in [0.15, 0.2) is 24.3 Å². The van der Waals surface area contributed by atoms with Crippen LogP contribution in [0.1, 0.15) is 31.9 Å². The van der Waals surface area contributed by atoms with Crippen molar-refractivity contribution in [3.63, 3.8) is 0 Å². The highest BCUT2D eigenvalue weighted by atomic mass is 32.2. The molecule has 96 valence electrons. The zero-order chi connectivity index (χ0) is 13.1. The lowest BCUT2D eigenvalue weighted by Crippen LogP contribution is -2.31. The summed E-state index contributed by atoms with van der Waals surface area (Å²) in [6.45, 7) is 3.68. The van der Waals surface area contributed by atoms with Crippen LogP contribution in [-0.4, -0.2) is 30.6 Å². The minimum absolute atomic E-state index is 0.159. The molecule has 0 amide bonds. The van der Waals surface area contributed by atoms with Crippen molar-refractivity contribution < 1.29 is 13.5 Å². The molecule has 0 radical (unpaired) electrons. The highest BCUT2D eigenvalue weighted by Crippen LogP contribution is 2.23. The third kappa shape index (κ3) is 3.44. The van der Waals surface area contributed by atoms with Crippen molar-refractivity contribution in [2.75, 3.05) is 12.8 Å². The number of aromatic hydroxyl groups is 1. The molecule has 5 heteroatoms. The van der Waals surface area contributed by atoms with Crippen LogP contribution >= 0.6 is 0 Å². The Hall–Kier alpha value is -1.07. The van der Waals surface area contributed by atoms with Gasteiger partial charge in [-0.25, -0.2) is 8.42 Å². The van der Waals surface area contributed by atoms with E-state index in [1.165, 1.54) is 4.31 Å². The summed E-state index contributed by atoms with van der Waals surface area (Å²) in [5.74, 6) is 0.339. The molecule has 0 spiro atoms. The van der Waals surface area contributed by atoms with Gasteiger partial charge in [-0.1, -0.05) is 19.1 Å². The predicted molar refractivity (Wildman–Crippen MR) is 68.4 cm³/mol. The molecule has 4 nitrogen and oxygen atoms in total. The van der Waals surface area contributed by atoms with Crippen molar-refractivity contribution in [3.05, 3.63) is 29.8 Å². The van der Waals surface area contributed by atoms with Crippen LogP contribution in [0.5, 0.6) is 5.75 Å². The number of nitrogens with zero attached hydrogens (tertiary/aromatic N) is 1. The van der Waals surface area contributed by atoms with Crippen LogP contribution in [0, 0.1) is 0 Å². The summed E-state index contributed by atoms with van der Waals surface area (Å²) in [5, 5.41) is 9.19. The van der Waals surface area contributed by atoms with Crippen molar-refractivity contribution in [2.45, 2.75) is 26.3 Å². The van der Waals surface area contributed by atoms with E-state index in [9.17, 15) is 13.5 Å². The first kappa shape index (κ1) is 14.0. The second-order valence-corrected chi connectivity index (χ2v) is 6.25. The van der Waals surface area contributed by atoms with E-state index in [0.717, 1.165) is 5.56 Å². The Bertz CT molecular complexity index is 453. The standard InChI is InChI=1S/C12H19NO3S/c1-4-9-17(15,16)13(3)10(2)11-5-7-12(14)8-6-11/h5-8,10,14H,4,9H2,1-3H3. The van der Waals surface area contributed by atoms with E-state index in [-0.39, 0.29) is 17.5 Å². The van der Waals surface area contributed by atoms with Crippen molar-refractivity contribution in [3.8, 4) is 5.75 Å². The highest BCUT2D eigenvalue weighted by molar-refractivity contribution is 7.89. The molecule has 0 heterocycles. The fourth-order valence-electron chi connectivity index (χ4n) is 1.61. The molecule has 0 aromatic heterocycles. The average molecular weight is 257 g/mol. The van der Waals surface area contributed by atoms with Gasteiger partial charge >= 0.3 is 0 Å². The van der Waals surface area contributed by atoms with Crippen molar-refractivity contribution in [2.24, 2.45) is 0 Å². The minimum atomic E-state index is -3.20. The Labute approximate surface area is 103 Å². The van der Waals surface area contributed by atoms with Crippen LogP contribution in [0.3, 0.4) is 0 Å². The van der Waals surface area contributed by atoms with Gasteiger partial charge in [0.2, 0.25) is 10.0 Å². The van der Waals surface area contributed by atoms with E-state index in [2.05, 4.69) is 0 Å². The second-order valence-electron chi connectivity index (χ2n) is 4.10. The molecule has 1 N–H and O–H groups in total. The third-order valence-corrected chi connectivity index (χ3v) is 4.94. The molecular weight excluding hydrogens is 238 g/mol. The minimum Gasteiger partial charge on any atom is -0.508 e. The number of rotatable bonds is 5.